The van der Waals surface area contributed by atoms with Gasteiger partial charge in [-0.1, -0.05) is 19.6 Å². The molecule has 0 amide bonds. The van der Waals surface area contributed by atoms with Gasteiger partial charge in [-0.2, -0.15) is 0 Å². The third-order valence-corrected chi connectivity index (χ3v) is 3.52. The van der Waals surface area contributed by atoms with Gasteiger partial charge in [0.1, 0.15) is 6.10 Å². The molecule has 2 aliphatic rings. The van der Waals surface area contributed by atoms with Crippen molar-refractivity contribution in [2.24, 2.45) is 0 Å². The van der Waals surface area contributed by atoms with Gasteiger partial charge in [0.05, 0.1) is 19.8 Å². The lowest BCUT2D eigenvalue weighted by Gasteiger charge is -2.21. The molecule has 1 saturated heterocycles. The van der Waals surface area contributed by atoms with E-state index in [0.717, 1.165) is 19.4 Å². The highest BCUT2D eigenvalue weighted by molar-refractivity contribution is 5.87. The molecule has 0 aromatic carbocycles. The van der Waals surface area contributed by atoms with E-state index < -0.39 is 0 Å². The predicted molar refractivity (Wildman–Crippen MR) is 83.3 cm³/mol. The van der Waals surface area contributed by atoms with Crippen LogP contribution in [0.1, 0.15) is 45.4 Å². The van der Waals surface area contributed by atoms with E-state index in [1.54, 1.807) is 6.92 Å². The molecular formula is C17H26O5. The monoisotopic (exact) mass is 310 g/mol. The first kappa shape index (κ1) is 18.4. The van der Waals surface area contributed by atoms with Gasteiger partial charge in [-0.25, -0.2) is 9.59 Å². The zero-order valence-corrected chi connectivity index (χ0v) is 13.6. The van der Waals surface area contributed by atoms with Crippen LogP contribution in [0.4, 0.5) is 0 Å². The number of hydrogen-bond acceptors (Lipinski definition) is 5. The third kappa shape index (κ3) is 7.41. The van der Waals surface area contributed by atoms with Gasteiger partial charge < -0.3 is 14.2 Å². The van der Waals surface area contributed by atoms with E-state index in [9.17, 15) is 9.59 Å². The van der Waals surface area contributed by atoms with Crippen LogP contribution in [0, 0.1) is 0 Å². The summed E-state index contributed by atoms with van der Waals surface area (Å²) in [7, 11) is 1.35. The summed E-state index contributed by atoms with van der Waals surface area (Å²) in [5, 5.41) is 0. The predicted octanol–water partition coefficient (Wildman–Crippen LogP) is 2.94. The fourth-order valence-corrected chi connectivity index (χ4v) is 2.12. The maximum atomic E-state index is 11.1. The molecule has 2 rings (SSSR count). The van der Waals surface area contributed by atoms with Crippen LogP contribution in [0.5, 0.6) is 0 Å². The molecule has 5 nitrogen and oxygen atoms in total. The zero-order valence-electron chi connectivity index (χ0n) is 13.6. The van der Waals surface area contributed by atoms with Gasteiger partial charge in [0.15, 0.2) is 0 Å². The second kappa shape index (κ2) is 9.41. The maximum Gasteiger partial charge on any atom is 0.333 e. The lowest BCUT2D eigenvalue weighted by Crippen LogP contribution is -2.20. The van der Waals surface area contributed by atoms with Gasteiger partial charge in [-0.15, -0.1) is 0 Å². The molecule has 1 saturated carbocycles. The average molecular weight is 310 g/mol. The molecule has 2 fully saturated rings. The van der Waals surface area contributed by atoms with Gasteiger partial charge in [0.2, 0.25) is 0 Å². The zero-order chi connectivity index (χ0) is 16.5. The van der Waals surface area contributed by atoms with Crippen LogP contribution in [0.3, 0.4) is 0 Å². The van der Waals surface area contributed by atoms with Crippen LogP contribution in [0.25, 0.3) is 0 Å². The summed E-state index contributed by atoms with van der Waals surface area (Å²) in [6, 6.07) is 0. The van der Waals surface area contributed by atoms with Crippen molar-refractivity contribution in [3.63, 3.8) is 0 Å². The van der Waals surface area contributed by atoms with E-state index in [0.29, 0.717) is 17.6 Å². The standard InChI is InChI=1S/C10H16O2.C7H10O3/c1-8(2)10(11)12-9-6-4-3-5-7-9;1-5(7(8)9-2)3-6-4-10-6/h9H,1,3-7H2,2H3;6H,1,3-4H2,2H3. The highest BCUT2D eigenvalue weighted by atomic mass is 16.6. The molecule has 1 heterocycles. The number of esters is 2. The number of rotatable bonds is 5. The Labute approximate surface area is 132 Å². The topological polar surface area (TPSA) is 65.1 Å². The molecule has 1 unspecified atom stereocenters. The van der Waals surface area contributed by atoms with Crippen molar-refractivity contribution in [2.75, 3.05) is 13.7 Å². The normalized spacial score (nSPS) is 20.2. The summed E-state index contributed by atoms with van der Waals surface area (Å²) in [6.45, 7) is 9.53. The highest BCUT2D eigenvalue weighted by Crippen LogP contribution is 2.21. The van der Waals surface area contributed by atoms with Crippen LogP contribution in [-0.2, 0) is 23.8 Å². The van der Waals surface area contributed by atoms with Crippen molar-refractivity contribution in [3.05, 3.63) is 24.3 Å². The Bertz CT molecular complexity index is 417. The number of epoxide rings is 1. The summed E-state index contributed by atoms with van der Waals surface area (Å²) in [5.41, 5.74) is 0.991. The second-order valence-electron chi connectivity index (χ2n) is 5.70. The van der Waals surface area contributed by atoms with Crippen LogP contribution >= 0.6 is 0 Å². The Balaban J connectivity index is 0.000000224. The van der Waals surface area contributed by atoms with Crippen LogP contribution < -0.4 is 0 Å². The Kier molecular flexibility index (Phi) is 7.88. The quantitative estimate of drug-likeness (QED) is 0.444. The summed E-state index contributed by atoms with van der Waals surface area (Å²) < 4.78 is 14.6. The Morgan fingerprint density at radius 3 is 2.18 bits per heavy atom. The number of ether oxygens (including phenoxy) is 3. The smallest absolute Gasteiger partial charge is 0.333 e. The maximum absolute atomic E-state index is 11.1. The molecule has 5 heteroatoms. The summed E-state index contributed by atoms with van der Waals surface area (Å²) in [4.78, 5) is 21.8. The van der Waals surface area contributed by atoms with Crippen molar-refractivity contribution in [3.8, 4) is 0 Å². The summed E-state index contributed by atoms with van der Waals surface area (Å²) >= 11 is 0. The molecule has 0 spiro atoms. The van der Waals surface area contributed by atoms with E-state index in [-0.39, 0.29) is 24.1 Å². The molecule has 1 aliphatic carbocycles. The van der Waals surface area contributed by atoms with Crippen molar-refractivity contribution < 1.29 is 23.8 Å². The first-order valence-corrected chi connectivity index (χ1v) is 7.68. The van der Waals surface area contributed by atoms with Crippen LogP contribution in [0.2, 0.25) is 0 Å². The molecule has 0 N–H and O–H groups in total. The van der Waals surface area contributed by atoms with E-state index in [2.05, 4.69) is 17.9 Å². The van der Waals surface area contributed by atoms with E-state index in [1.807, 2.05) is 0 Å². The SMILES string of the molecule is C=C(C)C(=O)OC1CCCCC1.C=C(CC1CO1)C(=O)OC. The third-order valence-electron chi connectivity index (χ3n) is 3.52. The van der Waals surface area contributed by atoms with Crippen molar-refractivity contribution in [1.82, 2.24) is 0 Å². The number of methoxy groups -OCH3 is 1. The lowest BCUT2D eigenvalue weighted by molar-refractivity contribution is -0.145. The molecule has 22 heavy (non-hydrogen) atoms. The highest BCUT2D eigenvalue weighted by Gasteiger charge is 2.25. The minimum atomic E-state index is -0.337. The van der Waals surface area contributed by atoms with Crippen LogP contribution in [-0.4, -0.2) is 37.9 Å². The summed E-state index contributed by atoms with van der Waals surface area (Å²) in [5.74, 6) is -0.572. The van der Waals surface area contributed by atoms with Crippen LogP contribution in [0.15, 0.2) is 24.3 Å². The second-order valence-corrected chi connectivity index (χ2v) is 5.70. The lowest BCUT2D eigenvalue weighted by atomic mass is 9.98. The molecule has 124 valence electrons. The minimum Gasteiger partial charge on any atom is -0.466 e. The summed E-state index contributed by atoms with van der Waals surface area (Å²) in [6.07, 6.45) is 6.68. The van der Waals surface area contributed by atoms with Crippen molar-refractivity contribution in [1.29, 1.82) is 0 Å². The molecule has 0 aromatic heterocycles. The van der Waals surface area contributed by atoms with E-state index in [4.69, 9.17) is 9.47 Å². The molecule has 0 radical (unpaired) electrons. The van der Waals surface area contributed by atoms with Gasteiger partial charge in [-0.05, 0) is 32.6 Å². The largest absolute Gasteiger partial charge is 0.466 e. The fourth-order valence-electron chi connectivity index (χ4n) is 2.12. The molecule has 1 aliphatic heterocycles. The fraction of sp³-hybridized carbons (Fsp3) is 0.647. The average Bonchev–Trinajstić information content (AvgIpc) is 3.31. The number of carbonyl (C=O) groups is 2. The molecular weight excluding hydrogens is 284 g/mol. The van der Waals surface area contributed by atoms with E-state index >= 15 is 0 Å². The number of carbonyl (C=O) groups excluding carboxylic acids is 2. The first-order valence-electron chi connectivity index (χ1n) is 7.68. The van der Waals surface area contributed by atoms with Gasteiger partial charge >= 0.3 is 11.9 Å². The van der Waals surface area contributed by atoms with Gasteiger partial charge in [0.25, 0.3) is 0 Å². The number of hydrogen-bond donors (Lipinski definition) is 0. The van der Waals surface area contributed by atoms with Gasteiger partial charge in [-0.3, -0.25) is 0 Å². The Morgan fingerprint density at radius 2 is 1.73 bits per heavy atom. The van der Waals surface area contributed by atoms with Crippen molar-refractivity contribution in [2.45, 2.75) is 57.7 Å². The van der Waals surface area contributed by atoms with E-state index in [1.165, 1.54) is 26.4 Å². The Morgan fingerprint density at radius 1 is 1.14 bits per heavy atom. The molecule has 0 bridgehead atoms. The molecule has 0 aromatic rings. The molecule has 1 atom stereocenters. The Hall–Kier alpha value is -1.62. The first-order chi connectivity index (χ1) is 10.4. The minimum absolute atomic E-state index is 0.156. The van der Waals surface area contributed by atoms with Gasteiger partial charge in [0, 0.05) is 17.6 Å². The van der Waals surface area contributed by atoms with Crippen molar-refractivity contribution >= 4 is 11.9 Å².